The monoisotopic (exact) mass is 313 g/mol. The normalized spacial score (nSPS) is 20.0. The molecule has 0 radical (unpaired) electrons. The third-order valence-electron chi connectivity index (χ3n) is 3.34. The van der Waals surface area contributed by atoms with Gasteiger partial charge in [0.15, 0.2) is 16.4 Å². The van der Waals surface area contributed by atoms with E-state index < -0.39 is 9.84 Å². The summed E-state index contributed by atoms with van der Waals surface area (Å²) in [7, 11) is -1.32. The van der Waals surface area contributed by atoms with Crippen LogP contribution in [0.25, 0.3) is 0 Å². The van der Waals surface area contributed by atoms with Gasteiger partial charge in [-0.2, -0.15) is 0 Å². The summed E-state index contributed by atoms with van der Waals surface area (Å²) in [5.41, 5.74) is 0. The summed E-state index contributed by atoms with van der Waals surface area (Å²) in [6.07, 6.45) is 0.613. The van der Waals surface area contributed by atoms with E-state index in [4.69, 9.17) is 9.47 Å². The first kappa shape index (κ1) is 15.6. The van der Waals surface area contributed by atoms with Gasteiger partial charge in [-0.05, 0) is 36.6 Å². The van der Waals surface area contributed by atoms with Crippen molar-refractivity contribution in [3.63, 3.8) is 0 Å². The zero-order chi connectivity index (χ0) is 15.3. The van der Waals surface area contributed by atoms with Crippen LogP contribution in [0.2, 0.25) is 0 Å². The number of hydrogen-bond donors (Lipinski definition) is 1. The first-order chi connectivity index (χ1) is 9.98. The maximum atomic E-state index is 11.6. The molecule has 7 heteroatoms. The molecule has 1 N–H and O–H groups in total. The van der Waals surface area contributed by atoms with Crippen molar-refractivity contribution in [3.8, 4) is 11.5 Å². The zero-order valence-electron chi connectivity index (χ0n) is 11.9. The molecule has 1 aliphatic heterocycles. The Morgan fingerprint density at radius 2 is 1.95 bits per heavy atom. The van der Waals surface area contributed by atoms with Gasteiger partial charge in [0, 0.05) is 6.54 Å². The van der Waals surface area contributed by atoms with E-state index in [0.717, 1.165) is 0 Å². The molecule has 2 rings (SSSR count). The number of benzene rings is 1. The maximum Gasteiger partial charge on any atom is 0.257 e. The minimum atomic E-state index is -2.90. The van der Waals surface area contributed by atoms with Gasteiger partial charge in [-0.3, -0.25) is 4.79 Å². The van der Waals surface area contributed by atoms with Gasteiger partial charge in [-0.15, -0.1) is 0 Å². The van der Waals surface area contributed by atoms with Crippen LogP contribution in [0, 0.1) is 5.92 Å². The number of nitrogens with one attached hydrogen (secondary N) is 1. The van der Waals surface area contributed by atoms with E-state index in [1.807, 2.05) is 0 Å². The smallest absolute Gasteiger partial charge is 0.257 e. The highest BCUT2D eigenvalue weighted by atomic mass is 32.2. The van der Waals surface area contributed by atoms with Crippen molar-refractivity contribution in [3.05, 3.63) is 24.3 Å². The van der Waals surface area contributed by atoms with E-state index in [0.29, 0.717) is 24.5 Å². The van der Waals surface area contributed by atoms with E-state index in [-0.39, 0.29) is 29.9 Å². The number of rotatable bonds is 6. The third-order valence-corrected chi connectivity index (χ3v) is 5.18. The molecule has 0 bridgehead atoms. The predicted molar refractivity (Wildman–Crippen MR) is 78.3 cm³/mol. The quantitative estimate of drug-likeness (QED) is 0.833. The van der Waals surface area contributed by atoms with Crippen molar-refractivity contribution >= 4 is 15.7 Å². The second-order valence-electron chi connectivity index (χ2n) is 5.04. The second kappa shape index (κ2) is 6.80. The van der Waals surface area contributed by atoms with Gasteiger partial charge in [0.05, 0.1) is 18.6 Å². The van der Waals surface area contributed by atoms with Crippen LogP contribution in [0.15, 0.2) is 24.3 Å². The number of methoxy groups -OCH3 is 1. The average Bonchev–Trinajstić information content (AvgIpc) is 2.83. The lowest BCUT2D eigenvalue weighted by atomic mass is 10.1. The molecule has 1 saturated heterocycles. The van der Waals surface area contributed by atoms with E-state index in [1.54, 1.807) is 31.4 Å². The van der Waals surface area contributed by atoms with Crippen LogP contribution in [0.3, 0.4) is 0 Å². The number of amides is 1. The fraction of sp³-hybridized carbons (Fsp3) is 0.500. The number of sulfone groups is 1. The van der Waals surface area contributed by atoms with Gasteiger partial charge in [-0.1, -0.05) is 0 Å². The summed E-state index contributed by atoms with van der Waals surface area (Å²) in [4.78, 5) is 11.6. The molecule has 1 aromatic carbocycles. The molecule has 1 aliphatic rings. The molecule has 116 valence electrons. The summed E-state index contributed by atoms with van der Waals surface area (Å²) in [5.74, 6) is 1.43. The Kier molecular flexibility index (Phi) is 5.06. The van der Waals surface area contributed by atoms with Gasteiger partial charge in [-0.25, -0.2) is 8.42 Å². The summed E-state index contributed by atoms with van der Waals surface area (Å²) in [6, 6.07) is 6.93. The van der Waals surface area contributed by atoms with Crippen LogP contribution in [-0.4, -0.2) is 46.1 Å². The van der Waals surface area contributed by atoms with E-state index >= 15 is 0 Å². The molecule has 1 heterocycles. The van der Waals surface area contributed by atoms with Gasteiger partial charge in [0.1, 0.15) is 11.5 Å². The molecule has 0 spiro atoms. The van der Waals surface area contributed by atoms with Crippen LogP contribution in [-0.2, 0) is 14.6 Å². The molecule has 1 atom stereocenters. The number of ether oxygens (including phenoxy) is 2. The fourth-order valence-corrected chi connectivity index (χ4v) is 4.02. The van der Waals surface area contributed by atoms with Crippen LogP contribution < -0.4 is 14.8 Å². The Morgan fingerprint density at radius 1 is 1.29 bits per heavy atom. The fourth-order valence-electron chi connectivity index (χ4n) is 2.16. The molecule has 0 aromatic heterocycles. The van der Waals surface area contributed by atoms with Crippen molar-refractivity contribution in [2.75, 3.05) is 31.8 Å². The third kappa shape index (κ3) is 4.93. The zero-order valence-corrected chi connectivity index (χ0v) is 12.7. The van der Waals surface area contributed by atoms with E-state index in [9.17, 15) is 13.2 Å². The largest absolute Gasteiger partial charge is 0.497 e. The van der Waals surface area contributed by atoms with Crippen molar-refractivity contribution in [1.29, 1.82) is 0 Å². The molecule has 6 nitrogen and oxygen atoms in total. The van der Waals surface area contributed by atoms with Crippen LogP contribution in [0.5, 0.6) is 11.5 Å². The SMILES string of the molecule is COc1ccc(OCC(=O)NCC2CCS(=O)(=O)C2)cc1. The minimum Gasteiger partial charge on any atom is -0.497 e. The Morgan fingerprint density at radius 3 is 2.52 bits per heavy atom. The van der Waals surface area contributed by atoms with Crippen LogP contribution in [0.1, 0.15) is 6.42 Å². The van der Waals surface area contributed by atoms with Gasteiger partial charge < -0.3 is 14.8 Å². The average molecular weight is 313 g/mol. The summed E-state index contributed by atoms with van der Waals surface area (Å²) < 4.78 is 33.0. The standard InChI is InChI=1S/C14H19NO5S/c1-19-12-2-4-13(5-3-12)20-9-14(16)15-8-11-6-7-21(17,18)10-11/h2-5,11H,6-10H2,1H3,(H,15,16). The maximum absolute atomic E-state index is 11.6. The Bertz CT molecular complexity index is 582. The Hall–Kier alpha value is -1.76. The molecule has 1 amide bonds. The molecule has 1 unspecified atom stereocenters. The summed E-state index contributed by atoms with van der Waals surface area (Å²) in [5, 5.41) is 2.70. The highest BCUT2D eigenvalue weighted by molar-refractivity contribution is 7.91. The molecule has 1 fully saturated rings. The van der Waals surface area contributed by atoms with Gasteiger partial charge in [0.2, 0.25) is 0 Å². The second-order valence-corrected chi connectivity index (χ2v) is 7.27. The topological polar surface area (TPSA) is 81.7 Å². The van der Waals surface area contributed by atoms with Gasteiger partial charge in [0.25, 0.3) is 5.91 Å². The van der Waals surface area contributed by atoms with Gasteiger partial charge >= 0.3 is 0 Å². The van der Waals surface area contributed by atoms with E-state index in [1.165, 1.54) is 0 Å². The first-order valence-electron chi connectivity index (χ1n) is 6.72. The van der Waals surface area contributed by atoms with Crippen LogP contribution in [0.4, 0.5) is 0 Å². The van der Waals surface area contributed by atoms with Crippen molar-refractivity contribution in [1.82, 2.24) is 5.32 Å². The highest BCUT2D eigenvalue weighted by Crippen LogP contribution is 2.18. The number of carbonyl (C=O) groups excluding carboxylic acids is 1. The molecule has 0 saturated carbocycles. The summed E-state index contributed by atoms with van der Waals surface area (Å²) >= 11 is 0. The van der Waals surface area contributed by atoms with Crippen molar-refractivity contribution in [2.24, 2.45) is 5.92 Å². The minimum absolute atomic E-state index is 0.0138. The highest BCUT2D eigenvalue weighted by Gasteiger charge is 2.27. The number of carbonyl (C=O) groups is 1. The molecule has 1 aromatic rings. The molecule has 0 aliphatic carbocycles. The molecular weight excluding hydrogens is 294 g/mol. The Labute approximate surface area is 124 Å². The van der Waals surface area contributed by atoms with Crippen molar-refractivity contribution < 1.29 is 22.7 Å². The molecule has 21 heavy (non-hydrogen) atoms. The predicted octanol–water partition coefficient (Wildman–Crippen LogP) is 0.625. The lowest BCUT2D eigenvalue weighted by molar-refractivity contribution is -0.123. The number of hydrogen-bond acceptors (Lipinski definition) is 5. The summed E-state index contributed by atoms with van der Waals surface area (Å²) in [6.45, 7) is 0.288. The van der Waals surface area contributed by atoms with E-state index in [2.05, 4.69) is 5.32 Å². The lowest BCUT2D eigenvalue weighted by Crippen LogP contribution is -2.33. The van der Waals surface area contributed by atoms with Crippen LogP contribution >= 0.6 is 0 Å². The lowest BCUT2D eigenvalue weighted by Gasteiger charge is -2.10. The van der Waals surface area contributed by atoms with Crippen molar-refractivity contribution in [2.45, 2.75) is 6.42 Å². The first-order valence-corrected chi connectivity index (χ1v) is 8.54. The molecular formula is C14H19NO5S. The Balaban J connectivity index is 1.70.